The molecule has 0 aliphatic carbocycles. The van der Waals surface area contributed by atoms with Crippen LogP contribution in [0.4, 0.5) is 10.1 Å². The number of nitrogens with zero attached hydrogens (tertiary/aromatic N) is 2. The van der Waals surface area contributed by atoms with E-state index in [2.05, 4.69) is 4.98 Å². The molecule has 0 aliphatic heterocycles. The maximum absolute atomic E-state index is 13.7. The average Bonchev–Trinajstić information content (AvgIpc) is 2.48. The summed E-state index contributed by atoms with van der Waals surface area (Å²) in [6, 6.07) is 7.00. The first-order chi connectivity index (χ1) is 9.99. The molecule has 0 amide bonds. The summed E-state index contributed by atoms with van der Waals surface area (Å²) in [6.07, 6.45) is 4.36. The van der Waals surface area contributed by atoms with Crippen LogP contribution in [-0.2, 0) is 6.42 Å². The topological polar surface area (TPSA) is 33.2 Å². The normalized spacial score (nSPS) is 10.5. The maximum Gasteiger partial charge on any atom is 0.161 e. The lowest BCUT2D eigenvalue weighted by atomic mass is 10.0. The Morgan fingerprint density at radius 1 is 1.29 bits per heavy atom. The van der Waals surface area contributed by atoms with Crippen molar-refractivity contribution in [1.82, 2.24) is 4.98 Å². The zero-order valence-electron chi connectivity index (χ0n) is 12.6. The minimum Gasteiger partial charge on any atom is -0.374 e. The highest BCUT2D eigenvalue weighted by atomic mass is 19.1. The third-order valence-electron chi connectivity index (χ3n) is 3.55. The van der Waals surface area contributed by atoms with Gasteiger partial charge in [-0.1, -0.05) is 0 Å². The van der Waals surface area contributed by atoms with E-state index in [0.717, 1.165) is 18.7 Å². The standard InChI is InChI=1S/C17H19FN2O/c1-12-10-17(15(13(2)21)11-16(12)18)20(3)9-6-14-4-7-19-8-5-14/h4-5,7-8,10-11H,6,9H2,1-3H3. The van der Waals surface area contributed by atoms with Crippen molar-refractivity contribution in [2.24, 2.45) is 0 Å². The lowest BCUT2D eigenvalue weighted by Gasteiger charge is -2.22. The van der Waals surface area contributed by atoms with E-state index < -0.39 is 0 Å². The number of halogens is 1. The number of likely N-dealkylation sites (N-methyl/N-ethyl adjacent to an activating group) is 1. The number of rotatable bonds is 5. The minimum absolute atomic E-state index is 0.125. The maximum atomic E-state index is 13.7. The van der Waals surface area contributed by atoms with Crippen LogP contribution in [0.3, 0.4) is 0 Å². The second-order valence-electron chi connectivity index (χ2n) is 5.20. The molecule has 0 fully saturated rings. The van der Waals surface area contributed by atoms with Gasteiger partial charge in [0, 0.05) is 37.2 Å². The Balaban J connectivity index is 2.20. The van der Waals surface area contributed by atoms with Gasteiger partial charge in [0.25, 0.3) is 0 Å². The van der Waals surface area contributed by atoms with Crippen molar-refractivity contribution in [2.45, 2.75) is 20.3 Å². The smallest absolute Gasteiger partial charge is 0.161 e. The number of aromatic nitrogens is 1. The Hall–Kier alpha value is -2.23. The number of carbonyl (C=O) groups excluding carboxylic acids is 1. The number of hydrogen-bond donors (Lipinski definition) is 0. The SMILES string of the molecule is CC(=O)c1cc(F)c(C)cc1N(C)CCc1ccncc1. The lowest BCUT2D eigenvalue weighted by Crippen LogP contribution is -2.22. The summed E-state index contributed by atoms with van der Waals surface area (Å²) in [5.74, 6) is -0.467. The molecule has 4 heteroatoms. The van der Waals surface area contributed by atoms with Gasteiger partial charge in [-0.3, -0.25) is 9.78 Å². The predicted molar refractivity (Wildman–Crippen MR) is 82.4 cm³/mol. The summed E-state index contributed by atoms with van der Waals surface area (Å²) >= 11 is 0. The second-order valence-corrected chi connectivity index (χ2v) is 5.20. The number of aryl methyl sites for hydroxylation is 1. The molecule has 3 nitrogen and oxygen atoms in total. The quantitative estimate of drug-likeness (QED) is 0.790. The monoisotopic (exact) mass is 286 g/mol. The molecule has 0 spiro atoms. The van der Waals surface area contributed by atoms with Gasteiger partial charge in [-0.05, 0) is 55.7 Å². The van der Waals surface area contributed by atoms with Gasteiger partial charge in [-0.25, -0.2) is 4.39 Å². The van der Waals surface area contributed by atoms with Crippen LogP contribution in [0.15, 0.2) is 36.7 Å². The highest BCUT2D eigenvalue weighted by Crippen LogP contribution is 2.24. The van der Waals surface area contributed by atoms with E-state index in [4.69, 9.17) is 0 Å². The molecule has 2 rings (SSSR count). The van der Waals surface area contributed by atoms with Gasteiger partial charge in [0.05, 0.1) is 0 Å². The van der Waals surface area contributed by atoms with Crippen LogP contribution < -0.4 is 4.90 Å². The summed E-state index contributed by atoms with van der Waals surface area (Å²) in [5.41, 5.74) is 2.93. The average molecular weight is 286 g/mol. The zero-order chi connectivity index (χ0) is 15.4. The van der Waals surface area contributed by atoms with E-state index in [1.54, 1.807) is 25.4 Å². The molecule has 1 heterocycles. The molecule has 110 valence electrons. The van der Waals surface area contributed by atoms with Gasteiger partial charge in [0.15, 0.2) is 5.78 Å². The minimum atomic E-state index is -0.341. The molecule has 0 unspecified atom stereocenters. The molecule has 1 aromatic heterocycles. The first kappa shape index (κ1) is 15.2. The number of anilines is 1. The van der Waals surface area contributed by atoms with Crippen LogP contribution in [0.5, 0.6) is 0 Å². The second kappa shape index (κ2) is 6.48. The molecule has 0 N–H and O–H groups in total. The van der Waals surface area contributed by atoms with Crippen molar-refractivity contribution in [2.75, 3.05) is 18.5 Å². The highest BCUT2D eigenvalue weighted by Gasteiger charge is 2.14. The number of hydrogen-bond acceptors (Lipinski definition) is 3. The summed E-state index contributed by atoms with van der Waals surface area (Å²) < 4.78 is 13.7. The molecule has 0 saturated heterocycles. The third-order valence-corrected chi connectivity index (χ3v) is 3.55. The Morgan fingerprint density at radius 2 is 1.95 bits per heavy atom. The Bertz CT molecular complexity index is 641. The van der Waals surface area contributed by atoms with E-state index in [1.165, 1.54) is 18.6 Å². The first-order valence-corrected chi connectivity index (χ1v) is 6.90. The molecule has 2 aromatic rings. The number of Topliss-reactive ketones (excluding diaryl/α,β-unsaturated/α-hetero) is 1. The molecule has 0 radical (unpaired) electrons. The van der Waals surface area contributed by atoms with Gasteiger partial charge in [0.2, 0.25) is 0 Å². The molecule has 0 bridgehead atoms. The summed E-state index contributed by atoms with van der Waals surface area (Å²) in [7, 11) is 1.92. The zero-order valence-corrected chi connectivity index (χ0v) is 12.6. The van der Waals surface area contributed by atoms with Gasteiger partial charge >= 0.3 is 0 Å². The first-order valence-electron chi connectivity index (χ1n) is 6.90. The predicted octanol–water partition coefficient (Wildman–Crippen LogP) is 3.41. The van der Waals surface area contributed by atoms with E-state index in [-0.39, 0.29) is 11.6 Å². The lowest BCUT2D eigenvalue weighted by molar-refractivity contribution is 0.101. The fraction of sp³-hybridized carbons (Fsp3) is 0.294. The summed E-state index contributed by atoms with van der Waals surface area (Å²) in [5, 5.41) is 0. The van der Waals surface area contributed by atoms with Crippen LogP contribution in [0.1, 0.15) is 28.4 Å². The van der Waals surface area contributed by atoms with Crippen LogP contribution in [0.25, 0.3) is 0 Å². The molecular formula is C17H19FN2O. The molecule has 0 aliphatic rings. The summed E-state index contributed by atoms with van der Waals surface area (Å²) in [6.45, 7) is 3.92. The van der Waals surface area contributed by atoms with Crippen molar-refractivity contribution < 1.29 is 9.18 Å². The Morgan fingerprint density at radius 3 is 2.57 bits per heavy atom. The van der Waals surface area contributed by atoms with Gasteiger partial charge in [0.1, 0.15) is 5.82 Å². The van der Waals surface area contributed by atoms with Crippen molar-refractivity contribution in [3.05, 3.63) is 59.2 Å². The van der Waals surface area contributed by atoms with Crippen molar-refractivity contribution >= 4 is 11.5 Å². The highest BCUT2D eigenvalue weighted by molar-refractivity contribution is 5.99. The Labute approximate surface area is 124 Å². The number of pyridine rings is 1. The van der Waals surface area contributed by atoms with Crippen LogP contribution >= 0.6 is 0 Å². The summed E-state index contributed by atoms with van der Waals surface area (Å²) in [4.78, 5) is 17.7. The number of ketones is 1. The van der Waals surface area contributed by atoms with E-state index in [0.29, 0.717) is 11.1 Å². The fourth-order valence-electron chi connectivity index (χ4n) is 2.23. The van der Waals surface area contributed by atoms with Crippen molar-refractivity contribution in [3.63, 3.8) is 0 Å². The largest absolute Gasteiger partial charge is 0.374 e. The molecule has 0 atom stereocenters. The van der Waals surface area contributed by atoms with E-state index >= 15 is 0 Å². The van der Waals surface area contributed by atoms with Crippen LogP contribution in [0, 0.1) is 12.7 Å². The van der Waals surface area contributed by atoms with E-state index in [1.807, 2.05) is 24.1 Å². The number of carbonyl (C=O) groups is 1. The van der Waals surface area contributed by atoms with Crippen LogP contribution in [0.2, 0.25) is 0 Å². The molecule has 1 aromatic carbocycles. The van der Waals surface area contributed by atoms with Crippen molar-refractivity contribution in [1.29, 1.82) is 0 Å². The van der Waals surface area contributed by atoms with Gasteiger partial charge in [-0.15, -0.1) is 0 Å². The molecule has 21 heavy (non-hydrogen) atoms. The molecular weight excluding hydrogens is 267 g/mol. The third kappa shape index (κ3) is 3.66. The number of benzene rings is 1. The van der Waals surface area contributed by atoms with Crippen molar-refractivity contribution in [3.8, 4) is 0 Å². The van der Waals surface area contributed by atoms with Gasteiger partial charge < -0.3 is 4.90 Å². The van der Waals surface area contributed by atoms with E-state index in [9.17, 15) is 9.18 Å². The van der Waals surface area contributed by atoms with Gasteiger partial charge in [-0.2, -0.15) is 0 Å². The fourth-order valence-corrected chi connectivity index (χ4v) is 2.23. The molecule has 0 saturated carbocycles. The Kier molecular flexibility index (Phi) is 4.68. The van der Waals surface area contributed by atoms with Crippen LogP contribution in [-0.4, -0.2) is 24.4 Å².